The lowest BCUT2D eigenvalue weighted by Gasteiger charge is -2.35. The first-order valence-electron chi connectivity index (χ1n) is 5.29. The van der Waals surface area contributed by atoms with Crippen molar-refractivity contribution < 1.29 is 0 Å². The minimum atomic E-state index is 0.999. The van der Waals surface area contributed by atoms with Crippen molar-refractivity contribution in [1.29, 1.82) is 0 Å². The molecule has 11 heavy (non-hydrogen) atoms. The van der Waals surface area contributed by atoms with Crippen molar-refractivity contribution in [3.05, 3.63) is 0 Å². The highest BCUT2D eigenvalue weighted by Gasteiger charge is 2.27. The highest BCUT2D eigenvalue weighted by molar-refractivity contribution is 4.78. The van der Waals surface area contributed by atoms with Crippen molar-refractivity contribution >= 4 is 0 Å². The van der Waals surface area contributed by atoms with Gasteiger partial charge in [0.2, 0.25) is 0 Å². The summed E-state index contributed by atoms with van der Waals surface area (Å²) < 4.78 is 0. The third-order valence-electron chi connectivity index (χ3n) is 3.69. The molecule has 1 aliphatic rings. The molecule has 0 nitrogen and oxygen atoms in total. The van der Waals surface area contributed by atoms with Gasteiger partial charge in [0, 0.05) is 0 Å². The molecule has 0 radical (unpaired) electrons. The summed E-state index contributed by atoms with van der Waals surface area (Å²) in [6, 6.07) is 0. The molecule has 0 spiro atoms. The molecule has 1 fully saturated rings. The molecular formula is C11H22. The van der Waals surface area contributed by atoms with Crippen LogP contribution in [-0.4, -0.2) is 0 Å². The van der Waals surface area contributed by atoms with Gasteiger partial charge < -0.3 is 0 Å². The van der Waals surface area contributed by atoms with Crippen molar-refractivity contribution in [2.45, 2.75) is 52.9 Å². The first-order valence-corrected chi connectivity index (χ1v) is 5.29. The fraction of sp³-hybridized carbons (Fsp3) is 1.00. The lowest BCUT2D eigenvalue weighted by atomic mass is 9.70. The predicted octanol–water partition coefficient (Wildman–Crippen LogP) is 3.86. The van der Waals surface area contributed by atoms with Gasteiger partial charge in [-0.2, -0.15) is 0 Å². The molecule has 1 unspecified atom stereocenters. The Balaban J connectivity index is 2.30. The minimum Gasteiger partial charge on any atom is -0.0651 e. The van der Waals surface area contributed by atoms with Crippen LogP contribution >= 0.6 is 0 Å². The molecule has 66 valence electrons. The first-order chi connectivity index (χ1) is 5.29. The van der Waals surface area contributed by atoms with Crippen LogP contribution in [0.4, 0.5) is 0 Å². The second-order valence-electron chi connectivity index (χ2n) is 4.13. The molecule has 1 atom stereocenters. The van der Waals surface area contributed by atoms with E-state index in [1.54, 1.807) is 0 Å². The molecule has 0 heteroatoms. The summed E-state index contributed by atoms with van der Waals surface area (Å²) in [4.78, 5) is 0. The lowest BCUT2D eigenvalue weighted by Crippen LogP contribution is -2.25. The Hall–Kier alpha value is 0. The molecule has 0 aromatic heterocycles. The quantitative estimate of drug-likeness (QED) is 0.577. The fourth-order valence-corrected chi connectivity index (χ4v) is 2.38. The summed E-state index contributed by atoms with van der Waals surface area (Å²) in [5, 5.41) is 0. The van der Waals surface area contributed by atoms with Gasteiger partial charge in [0.1, 0.15) is 0 Å². The van der Waals surface area contributed by atoms with Gasteiger partial charge in [0.05, 0.1) is 0 Å². The highest BCUT2D eigenvalue weighted by Crippen LogP contribution is 2.38. The minimum absolute atomic E-state index is 0.999. The predicted molar refractivity (Wildman–Crippen MR) is 50.6 cm³/mol. The number of hydrogen-bond acceptors (Lipinski definition) is 0. The van der Waals surface area contributed by atoms with E-state index in [1.807, 2.05) is 0 Å². The van der Waals surface area contributed by atoms with Gasteiger partial charge in [-0.3, -0.25) is 0 Å². The number of hydrogen-bond donors (Lipinski definition) is 0. The SMILES string of the molecule is CCC(CC)C(C)C1CCC1. The molecule has 1 rings (SSSR count). The normalized spacial score (nSPS) is 21.8. The van der Waals surface area contributed by atoms with Crippen LogP contribution in [0, 0.1) is 17.8 Å². The van der Waals surface area contributed by atoms with E-state index >= 15 is 0 Å². The number of rotatable bonds is 4. The van der Waals surface area contributed by atoms with E-state index in [2.05, 4.69) is 20.8 Å². The summed E-state index contributed by atoms with van der Waals surface area (Å²) >= 11 is 0. The average molecular weight is 154 g/mol. The summed E-state index contributed by atoms with van der Waals surface area (Å²) in [6.45, 7) is 7.13. The maximum atomic E-state index is 2.46. The first kappa shape index (κ1) is 9.09. The zero-order valence-electron chi connectivity index (χ0n) is 8.27. The largest absolute Gasteiger partial charge is 0.0651 e. The zero-order valence-corrected chi connectivity index (χ0v) is 8.27. The van der Waals surface area contributed by atoms with Gasteiger partial charge in [-0.15, -0.1) is 0 Å². The van der Waals surface area contributed by atoms with Crippen molar-refractivity contribution in [1.82, 2.24) is 0 Å². The van der Waals surface area contributed by atoms with Crippen LogP contribution in [0.15, 0.2) is 0 Å². The monoisotopic (exact) mass is 154 g/mol. The fourth-order valence-electron chi connectivity index (χ4n) is 2.38. The molecule has 0 bridgehead atoms. The molecule has 1 saturated carbocycles. The van der Waals surface area contributed by atoms with Crippen molar-refractivity contribution in [3.8, 4) is 0 Å². The molecule has 0 heterocycles. The molecule has 1 aliphatic carbocycles. The topological polar surface area (TPSA) is 0 Å². The van der Waals surface area contributed by atoms with E-state index in [0.717, 1.165) is 17.8 Å². The second-order valence-corrected chi connectivity index (χ2v) is 4.13. The molecule has 0 N–H and O–H groups in total. The summed E-state index contributed by atoms with van der Waals surface area (Å²) in [7, 11) is 0. The van der Waals surface area contributed by atoms with Gasteiger partial charge in [0.15, 0.2) is 0 Å². The van der Waals surface area contributed by atoms with Gasteiger partial charge in [-0.1, -0.05) is 52.9 Å². The van der Waals surface area contributed by atoms with Crippen molar-refractivity contribution in [2.24, 2.45) is 17.8 Å². The van der Waals surface area contributed by atoms with Crippen molar-refractivity contribution in [3.63, 3.8) is 0 Å². The van der Waals surface area contributed by atoms with Crippen LogP contribution in [0.25, 0.3) is 0 Å². The average Bonchev–Trinajstić information content (AvgIpc) is 1.86. The second kappa shape index (κ2) is 4.13. The van der Waals surface area contributed by atoms with E-state index in [1.165, 1.54) is 32.1 Å². The third kappa shape index (κ3) is 1.98. The highest BCUT2D eigenvalue weighted by atomic mass is 14.3. The maximum Gasteiger partial charge on any atom is -0.0386 e. The van der Waals surface area contributed by atoms with E-state index in [9.17, 15) is 0 Å². The Morgan fingerprint density at radius 1 is 1.18 bits per heavy atom. The van der Waals surface area contributed by atoms with E-state index in [0.29, 0.717) is 0 Å². The van der Waals surface area contributed by atoms with Crippen LogP contribution in [0.5, 0.6) is 0 Å². The molecule has 0 aliphatic heterocycles. The Kier molecular flexibility index (Phi) is 3.42. The van der Waals surface area contributed by atoms with Gasteiger partial charge in [0.25, 0.3) is 0 Å². The smallest absolute Gasteiger partial charge is 0.0386 e. The van der Waals surface area contributed by atoms with Gasteiger partial charge in [-0.05, 0) is 17.8 Å². The third-order valence-corrected chi connectivity index (χ3v) is 3.69. The molecule has 0 aromatic carbocycles. The Labute approximate surface area is 71.4 Å². The summed E-state index contributed by atoms with van der Waals surface area (Å²) in [6.07, 6.45) is 7.28. The summed E-state index contributed by atoms with van der Waals surface area (Å²) in [5.74, 6) is 3.08. The lowest BCUT2D eigenvalue weighted by molar-refractivity contribution is 0.152. The molecule has 0 aromatic rings. The van der Waals surface area contributed by atoms with Crippen LogP contribution in [0.2, 0.25) is 0 Å². The van der Waals surface area contributed by atoms with Crippen LogP contribution < -0.4 is 0 Å². The molecule has 0 amide bonds. The van der Waals surface area contributed by atoms with Gasteiger partial charge >= 0.3 is 0 Å². The Morgan fingerprint density at radius 2 is 1.73 bits per heavy atom. The van der Waals surface area contributed by atoms with E-state index < -0.39 is 0 Å². The summed E-state index contributed by atoms with van der Waals surface area (Å²) in [5.41, 5.74) is 0. The zero-order chi connectivity index (χ0) is 8.27. The Morgan fingerprint density at radius 3 is 2.00 bits per heavy atom. The van der Waals surface area contributed by atoms with Crippen LogP contribution in [0.1, 0.15) is 52.9 Å². The molecule has 0 saturated heterocycles. The van der Waals surface area contributed by atoms with Crippen LogP contribution in [0.3, 0.4) is 0 Å². The van der Waals surface area contributed by atoms with E-state index in [4.69, 9.17) is 0 Å². The van der Waals surface area contributed by atoms with Gasteiger partial charge in [-0.25, -0.2) is 0 Å². The Bertz CT molecular complexity index is 98.6. The molecular weight excluding hydrogens is 132 g/mol. The standard InChI is InChI=1S/C11H22/c1-4-10(5-2)9(3)11-7-6-8-11/h9-11H,4-8H2,1-3H3. The van der Waals surface area contributed by atoms with Crippen molar-refractivity contribution in [2.75, 3.05) is 0 Å². The maximum absolute atomic E-state index is 2.46. The van der Waals surface area contributed by atoms with E-state index in [-0.39, 0.29) is 0 Å². The van der Waals surface area contributed by atoms with Crippen LogP contribution in [-0.2, 0) is 0 Å².